The van der Waals surface area contributed by atoms with Gasteiger partial charge in [0.2, 0.25) is 5.28 Å². The van der Waals surface area contributed by atoms with Crippen molar-refractivity contribution in [3.05, 3.63) is 63.8 Å². The molecule has 1 aromatic carbocycles. The van der Waals surface area contributed by atoms with Crippen molar-refractivity contribution in [3.8, 4) is 0 Å². The summed E-state index contributed by atoms with van der Waals surface area (Å²) in [5.74, 6) is -0.710. The van der Waals surface area contributed by atoms with Crippen molar-refractivity contribution in [1.82, 2.24) is 24.2 Å². The van der Waals surface area contributed by atoms with Gasteiger partial charge in [0.15, 0.2) is 10.8 Å². The first-order chi connectivity index (χ1) is 14.2. The second-order valence-electron chi connectivity index (χ2n) is 6.71. The van der Waals surface area contributed by atoms with E-state index < -0.39 is 15.9 Å². The summed E-state index contributed by atoms with van der Waals surface area (Å²) < 4.78 is 28.9. The molecule has 3 aromatic rings. The van der Waals surface area contributed by atoms with Crippen LogP contribution in [0.15, 0.2) is 52.7 Å². The van der Waals surface area contributed by atoms with Crippen molar-refractivity contribution in [1.29, 1.82) is 0 Å². The van der Waals surface area contributed by atoms with E-state index in [1.54, 1.807) is 29.7 Å². The van der Waals surface area contributed by atoms with Gasteiger partial charge in [-0.1, -0.05) is 35.4 Å². The molecule has 0 unspecified atom stereocenters. The van der Waals surface area contributed by atoms with Gasteiger partial charge in [-0.05, 0) is 43.2 Å². The summed E-state index contributed by atoms with van der Waals surface area (Å²) in [6.07, 6.45) is 3.54. The third kappa shape index (κ3) is 3.60. The Bertz CT molecular complexity index is 1360. The second kappa shape index (κ2) is 7.50. The maximum atomic E-state index is 12.7. The summed E-state index contributed by atoms with van der Waals surface area (Å²) in [6, 6.07) is 6.23. The molecular formula is C19H15Cl2N5O3S. The van der Waals surface area contributed by atoms with Crippen molar-refractivity contribution < 1.29 is 13.2 Å². The zero-order valence-corrected chi connectivity index (χ0v) is 18.2. The SMILES string of the molecule is CC1=C(n2cnc3c(Cl)nc(Cl)nc32)CC=C1C(=O)NS(=O)(=O)c1ccc(C)cc1. The summed E-state index contributed by atoms with van der Waals surface area (Å²) in [5, 5.41) is 0.0933. The topological polar surface area (TPSA) is 107 Å². The number of aryl methyl sites for hydroxylation is 1. The zero-order chi connectivity index (χ0) is 21.6. The van der Waals surface area contributed by atoms with E-state index in [0.29, 0.717) is 28.9 Å². The third-order valence-electron chi connectivity index (χ3n) is 4.76. The number of imidazole rings is 1. The molecule has 1 aliphatic rings. The number of benzene rings is 1. The molecular weight excluding hydrogens is 449 g/mol. The van der Waals surface area contributed by atoms with Gasteiger partial charge in [-0.25, -0.2) is 23.1 Å². The molecule has 1 aliphatic carbocycles. The molecule has 154 valence electrons. The molecule has 2 aromatic heterocycles. The van der Waals surface area contributed by atoms with Crippen molar-refractivity contribution in [2.75, 3.05) is 0 Å². The first kappa shape index (κ1) is 20.5. The highest BCUT2D eigenvalue weighted by Gasteiger charge is 2.26. The monoisotopic (exact) mass is 463 g/mol. The Morgan fingerprint density at radius 2 is 1.83 bits per heavy atom. The van der Waals surface area contributed by atoms with Crippen LogP contribution in [0.2, 0.25) is 10.4 Å². The average molecular weight is 464 g/mol. The Morgan fingerprint density at radius 3 is 2.53 bits per heavy atom. The number of hydrogen-bond donors (Lipinski definition) is 1. The summed E-state index contributed by atoms with van der Waals surface area (Å²) >= 11 is 12.0. The van der Waals surface area contributed by atoms with Crippen LogP contribution in [0.1, 0.15) is 18.9 Å². The molecule has 0 bridgehead atoms. The molecule has 1 amide bonds. The Balaban J connectivity index is 1.64. The number of rotatable bonds is 4. The van der Waals surface area contributed by atoms with Crippen LogP contribution in [0.3, 0.4) is 0 Å². The standard InChI is InChI=1S/C19H15Cl2N5O3S/c1-10-3-5-12(6-4-10)30(28,29)25-18(27)13-7-8-14(11(13)2)26-9-22-15-16(20)23-19(21)24-17(15)26/h3-7,9H,8H2,1-2H3,(H,25,27). The summed E-state index contributed by atoms with van der Waals surface area (Å²) in [6.45, 7) is 3.57. The second-order valence-corrected chi connectivity index (χ2v) is 9.09. The Hall–Kier alpha value is -2.75. The molecule has 0 atom stereocenters. The van der Waals surface area contributed by atoms with Gasteiger partial charge in [0, 0.05) is 17.7 Å². The minimum Gasteiger partial charge on any atom is -0.286 e. The number of allylic oxidation sites excluding steroid dienone is 2. The van der Waals surface area contributed by atoms with Gasteiger partial charge >= 0.3 is 0 Å². The molecule has 0 spiro atoms. The number of carbonyl (C=O) groups is 1. The van der Waals surface area contributed by atoms with Crippen LogP contribution in [0.4, 0.5) is 0 Å². The fraction of sp³-hybridized carbons (Fsp3) is 0.158. The fourth-order valence-corrected chi connectivity index (χ4v) is 4.58. The molecule has 0 saturated heterocycles. The first-order valence-electron chi connectivity index (χ1n) is 8.78. The molecule has 2 heterocycles. The molecule has 0 fully saturated rings. The molecule has 11 heteroatoms. The highest BCUT2D eigenvalue weighted by Crippen LogP contribution is 2.33. The van der Waals surface area contributed by atoms with Crippen LogP contribution in [0.25, 0.3) is 16.9 Å². The molecule has 0 radical (unpaired) electrons. The van der Waals surface area contributed by atoms with Crippen LogP contribution >= 0.6 is 23.2 Å². The van der Waals surface area contributed by atoms with E-state index in [-0.39, 0.29) is 20.9 Å². The normalized spacial score (nSPS) is 14.3. The van der Waals surface area contributed by atoms with E-state index >= 15 is 0 Å². The Labute approximate surface area is 182 Å². The van der Waals surface area contributed by atoms with Crippen LogP contribution < -0.4 is 4.72 Å². The lowest BCUT2D eigenvalue weighted by molar-refractivity contribution is -0.115. The van der Waals surface area contributed by atoms with E-state index in [4.69, 9.17) is 23.2 Å². The minimum absolute atomic E-state index is 0.0171. The van der Waals surface area contributed by atoms with Crippen LogP contribution in [-0.4, -0.2) is 33.8 Å². The average Bonchev–Trinajstić information content (AvgIpc) is 3.25. The van der Waals surface area contributed by atoms with Gasteiger partial charge in [0.1, 0.15) is 11.8 Å². The molecule has 30 heavy (non-hydrogen) atoms. The van der Waals surface area contributed by atoms with E-state index in [1.807, 2.05) is 6.92 Å². The number of sulfonamides is 1. The van der Waals surface area contributed by atoms with Crippen molar-refractivity contribution >= 4 is 56.0 Å². The fourth-order valence-electron chi connectivity index (χ4n) is 3.19. The molecule has 0 saturated carbocycles. The predicted molar refractivity (Wildman–Crippen MR) is 113 cm³/mol. The van der Waals surface area contributed by atoms with Gasteiger partial charge < -0.3 is 0 Å². The Kier molecular flexibility index (Phi) is 5.13. The van der Waals surface area contributed by atoms with Crippen LogP contribution in [0, 0.1) is 6.92 Å². The van der Waals surface area contributed by atoms with Gasteiger partial charge in [-0.3, -0.25) is 9.36 Å². The number of amides is 1. The highest BCUT2D eigenvalue weighted by molar-refractivity contribution is 7.90. The van der Waals surface area contributed by atoms with E-state index in [9.17, 15) is 13.2 Å². The zero-order valence-electron chi connectivity index (χ0n) is 15.8. The summed E-state index contributed by atoms with van der Waals surface area (Å²) in [7, 11) is -3.99. The molecule has 8 nitrogen and oxygen atoms in total. The molecule has 4 rings (SSSR count). The summed E-state index contributed by atoms with van der Waals surface area (Å²) in [5.41, 5.74) is 3.25. The van der Waals surface area contributed by atoms with Crippen LogP contribution in [0.5, 0.6) is 0 Å². The number of fused-ring (bicyclic) bond motifs is 1. The highest BCUT2D eigenvalue weighted by atomic mass is 35.5. The van der Waals surface area contributed by atoms with Gasteiger partial charge in [-0.15, -0.1) is 0 Å². The largest absolute Gasteiger partial charge is 0.286 e. The van der Waals surface area contributed by atoms with Crippen molar-refractivity contribution in [3.63, 3.8) is 0 Å². The third-order valence-corrected chi connectivity index (χ3v) is 6.54. The number of nitrogens with one attached hydrogen (secondary N) is 1. The number of nitrogens with zero attached hydrogens (tertiary/aromatic N) is 4. The molecule has 0 aliphatic heterocycles. The lowest BCUT2D eigenvalue weighted by atomic mass is 10.1. The lowest BCUT2D eigenvalue weighted by Crippen LogP contribution is -2.31. The number of halogens is 2. The minimum atomic E-state index is -3.99. The maximum absolute atomic E-state index is 12.7. The van der Waals surface area contributed by atoms with Gasteiger partial charge in [0.25, 0.3) is 15.9 Å². The number of carbonyl (C=O) groups excluding carboxylic acids is 1. The van der Waals surface area contributed by atoms with E-state index in [1.165, 1.54) is 18.5 Å². The smallest absolute Gasteiger partial charge is 0.265 e. The molecule has 1 N–H and O–H groups in total. The summed E-state index contributed by atoms with van der Waals surface area (Å²) in [4.78, 5) is 25.0. The van der Waals surface area contributed by atoms with Crippen LogP contribution in [-0.2, 0) is 14.8 Å². The quantitative estimate of drug-likeness (QED) is 0.468. The Morgan fingerprint density at radius 1 is 1.13 bits per heavy atom. The first-order valence-corrected chi connectivity index (χ1v) is 11.0. The van der Waals surface area contributed by atoms with Crippen molar-refractivity contribution in [2.24, 2.45) is 0 Å². The maximum Gasteiger partial charge on any atom is 0.265 e. The lowest BCUT2D eigenvalue weighted by Gasteiger charge is -2.10. The predicted octanol–water partition coefficient (Wildman–Crippen LogP) is 3.51. The van der Waals surface area contributed by atoms with Crippen molar-refractivity contribution in [2.45, 2.75) is 25.2 Å². The number of aromatic nitrogens is 4. The van der Waals surface area contributed by atoms with E-state index in [0.717, 1.165) is 5.56 Å². The van der Waals surface area contributed by atoms with Gasteiger partial charge in [0.05, 0.1) is 4.90 Å². The van der Waals surface area contributed by atoms with E-state index in [2.05, 4.69) is 19.7 Å². The number of hydrogen-bond acceptors (Lipinski definition) is 6. The van der Waals surface area contributed by atoms with Gasteiger partial charge in [-0.2, -0.15) is 4.98 Å².